The van der Waals surface area contributed by atoms with E-state index in [9.17, 15) is 4.79 Å². The second-order valence-corrected chi connectivity index (χ2v) is 3.57. The number of furan rings is 1. The van der Waals surface area contributed by atoms with Crippen molar-refractivity contribution >= 4 is 32.7 Å². The molecule has 0 unspecified atom stereocenters. The highest BCUT2D eigenvalue weighted by molar-refractivity contribution is 9.10. The molecule has 0 aliphatic rings. The molecule has 0 N–H and O–H groups in total. The zero-order valence-electron chi connectivity index (χ0n) is 8.85. The Labute approximate surface area is 86.5 Å². The standard InChI is InChI=1S/C10H7BrO2/c1-6(12)8-4-7-2-3-13-10(7)9(11)5-8/h2-5H,1H3/i2D,3D. The molecule has 0 saturated heterocycles. The van der Waals surface area contributed by atoms with Crippen LogP contribution in [0.1, 0.15) is 20.0 Å². The minimum atomic E-state index is -0.189. The second kappa shape index (κ2) is 3.00. The SMILES string of the molecule is [2H]c1oc2c(Br)cc(C(C)=O)cc2c1[2H]. The van der Waals surface area contributed by atoms with E-state index < -0.39 is 0 Å². The van der Waals surface area contributed by atoms with Crippen molar-refractivity contribution < 1.29 is 12.0 Å². The summed E-state index contributed by atoms with van der Waals surface area (Å²) < 4.78 is 20.6. The van der Waals surface area contributed by atoms with Crippen LogP contribution in [-0.2, 0) is 0 Å². The number of Topliss-reactive ketones (excluding diaryl/α,β-unsaturated/α-hetero) is 1. The molecule has 0 aliphatic heterocycles. The van der Waals surface area contributed by atoms with Crippen LogP contribution < -0.4 is 0 Å². The molecule has 2 nitrogen and oxygen atoms in total. The first-order chi connectivity index (χ1) is 7.00. The molecule has 0 radical (unpaired) electrons. The Kier molecular flexibility index (Phi) is 1.47. The fraction of sp³-hybridized carbons (Fsp3) is 0.100. The van der Waals surface area contributed by atoms with E-state index in [1.807, 2.05) is 0 Å². The predicted octanol–water partition coefficient (Wildman–Crippen LogP) is 3.40. The van der Waals surface area contributed by atoms with Gasteiger partial charge in [0, 0.05) is 10.9 Å². The van der Waals surface area contributed by atoms with Gasteiger partial charge in [0.2, 0.25) is 0 Å². The van der Waals surface area contributed by atoms with Crippen LogP contribution in [0.4, 0.5) is 0 Å². The fourth-order valence-corrected chi connectivity index (χ4v) is 1.67. The average molecular weight is 241 g/mol. The van der Waals surface area contributed by atoms with E-state index in [4.69, 9.17) is 7.16 Å². The first-order valence-electron chi connectivity index (χ1n) is 4.71. The van der Waals surface area contributed by atoms with E-state index in [-0.39, 0.29) is 18.1 Å². The van der Waals surface area contributed by atoms with Gasteiger partial charge in [0.1, 0.15) is 6.95 Å². The van der Waals surface area contributed by atoms with Gasteiger partial charge in [-0.2, -0.15) is 0 Å². The molecule has 13 heavy (non-hydrogen) atoms. The van der Waals surface area contributed by atoms with E-state index >= 15 is 0 Å². The van der Waals surface area contributed by atoms with Crippen molar-refractivity contribution in [2.24, 2.45) is 0 Å². The van der Waals surface area contributed by atoms with Crippen molar-refractivity contribution in [3.63, 3.8) is 0 Å². The van der Waals surface area contributed by atoms with E-state index in [0.29, 0.717) is 21.0 Å². The third-order valence-corrected chi connectivity index (χ3v) is 2.38. The van der Waals surface area contributed by atoms with E-state index in [2.05, 4.69) is 15.9 Å². The van der Waals surface area contributed by atoms with Crippen LogP contribution in [0.25, 0.3) is 11.0 Å². The normalized spacial score (nSPS) is 12.8. The molecule has 1 aromatic carbocycles. The Hall–Kier alpha value is -1.09. The van der Waals surface area contributed by atoms with Crippen molar-refractivity contribution in [1.29, 1.82) is 0 Å². The number of halogens is 1. The summed E-state index contributed by atoms with van der Waals surface area (Å²) in [5.41, 5.74) is 0.943. The van der Waals surface area contributed by atoms with Crippen LogP contribution in [0.15, 0.2) is 33.3 Å². The van der Waals surface area contributed by atoms with Crippen molar-refractivity contribution in [1.82, 2.24) is 0 Å². The maximum absolute atomic E-state index is 11.2. The number of ketones is 1. The molecule has 0 amide bonds. The number of carbonyl (C=O) groups is 1. The highest BCUT2D eigenvalue weighted by Gasteiger charge is 2.06. The molecule has 0 fully saturated rings. The van der Waals surface area contributed by atoms with E-state index in [0.717, 1.165) is 0 Å². The molecule has 1 aromatic heterocycles. The second-order valence-electron chi connectivity index (χ2n) is 2.72. The van der Waals surface area contributed by atoms with Crippen molar-refractivity contribution in [2.75, 3.05) is 0 Å². The van der Waals surface area contributed by atoms with E-state index in [1.54, 1.807) is 12.1 Å². The van der Waals surface area contributed by atoms with Gasteiger partial charge < -0.3 is 4.42 Å². The summed E-state index contributed by atoms with van der Waals surface area (Å²) in [5.74, 6) is -0.0790. The number of benzene rings is 1. The molecule has 66 valence electrons. The van der Waals surface area contributed by atoms with Gasteiger partial charge in [0.05, 0.1) is 12.1 Å². The topological polar surface area (TPSA) is 30.2 Å². The Balaban J connectivity index is 2.85. The van der Waals surface area contributed by atoms with Gasteiger partial charge in [0.15, 0.2) is 5.78 Å². The monoisotopic (exact) mass is 240 g/mol. The molecule has 0 atom stereocenters. The summed E-state index contributed by atoms with van der Waals surface area (Å²) >= 11 is 3.25. The van der Waals surface area contributed by atoms with Gasteiger partial charge in [-0.05, 0) is 41.0 Å². The summed E-state index contributed by atoms with van der Waals surface area (Å²) in [6.07, 6.45) is -0.189. The lowest BCUT2D eigenvalue weighted by Gasteiger charge is -1.97. The predicted molar refractivity (Wildman–Crippen MR) is 53.9 cm³/mol. The van der Waals surface area contributed by atoms with Gasteiger partial charge >= 0.3 is 0 Å². The minimum Gasteiger partial charge on any atom is -0.463 e. The van der Waals surface area contributed by atoms with Crippen molar-refractivity contribution in [2.45, 2.75) is 6.92 Å². The molecular formula is C10H7BrO2. The summed E-state index contributed by atoms with van der Waals surface area (Å²) in [6.45, 7) is 1.46. The largest absolute Gasteiger partial charge is 0.463 e. The molecule has 2 rings (SSSR count). The summed E-state index contributed by atoms with van der Waals surface area (Å²) in [4.78, 5) is 11.2. The third-order valence-electron chi connectivity index (χ3n) is 1.79. The molecule has 0 saturated carbocycles. The Morgan fingerprint density at radius 1 is 1.62 bits per heavy atom. The first kappa shape index (κ1) is 6.38. The molecule has 0 aliphatic carbocycles. The Morgan fingerprint density at radius 3 is 3.08 bits per heavy atom. The van der Waals surface area contributed by atoms with E-state index in [1.165, 1.54) is 6.92 Å². The fourth-order valence-electron chi connectivity index (χ4n) is 1.12. The van der Waals surface area contributed by atoms with Crippen LogP contribution in [0.2, 0.25) is 0 Å². The number of hydrogen-bond acceptors (Lipinski definition) is 2. The number of hydrogen-bond donors (Lipinski definition) is 0. The van der Waals surface area contributed by atoms with Crippen molar-refractivity contribution in [3.05, 3.63) is 34.5 Å². The van der Waals surface area contributed by atoms with Crippen LogP contribution in [0, 0.1) is 0 Å². The maximum Gasteiger partial charge on any atom is 0.159 e. The summed E-state index contributed by atoms with van der Waals surface area (Å²) in [7, 11) is 0. The quantitative estimate of drug-likeness (QED) is 0.716. The summed E-state index contributed by atoms with van der Waals surface area (Å²) in [6, 6.07) is 3.22. The van der Waals surface area contributed by atoms with Crippen LogP contribution in [0.5, 0.6) is 0 Å². The first-order valence-corrected chi connectivity index (χ1v) is 4.50. The zero-order valence-corrected chi connectivity index (χ0v) is 8.44. The third kappa shape index (κ3) is 1.40. The van der Waals surface area contributed by atoms with Gasteiger partial charge in [-0.25, -0.2) is 0 Å². The molecule has 3 heteroatoms. The maximum atomic E-state index is 11.2. The minimum absolute atomic E-state index is 0.00815. The average Bonchev–Trinajstić information content (AvgIpc) is 2.45. The smallest absolute Gasteiger partial charge is 0.159 e. The number of carbonyl (C=O) groups excluding carboxylic acids is 1. The lowest BCUT2D eigenvalue weighted by atomic mass is 10.1. The lowest BCUT2D eigenvalue weighted by molar-refractivity contribution is 0.101. The molecular weight excluding hydrogens is 232 g/mol. The molecule has 1 heterocycles. The highest BCUT2D eigenvalue weighted by atomic mass is 79.9. The molecule has 0 spiro atoms. The van der Waals surface area contributed by atoms with Crippen LogP contribution >= 0.6 is 15.9 Å². The highest BCUT2D eigenvalue weighted by Crippen LogP contribution is 2.26. The summed E-state index contributed by atoms with van der Waals surface area (Å²) in [5, 5.41) is 0.486. The lowest BCUT2D eigenvalue weighted by Crippen LogP contribution is -1.90. The van der Waals surface area contributed by atoms with Crippen LogP contribution in [-0.4, -0.2) is 5.78 Å². The number of fused-ring (bicyclic) bond motifs is 1. The van der Waals surface area contributed by atoms with Gasteiger partial charge in [0.25, 0.3) is 0 Å². The Bertz CT molecular complexity index is 560. The van der Waals surface area contributed by atoms with Gasteiger partial charge in [-0.15, -0.1) is 0 Å². The Morgan fingerprint density at radius 2 is 2.38 bits per heavy atom. The van der Waals surface area contributed by atoms with Gasteiger partial charge in [-0.3, -0.25) is 4.79 Å². The number of rotatable bonds is 1. The molecule has 0 bridgehead atoms. The van der Waals surface area contributed by atoms with Crippen LogP contribution in [0.3, 0.4) is 0 Å². The van der Waals surface area contributed by atoms with Crippen molar-refractivity contribution in [3.8, 4) is 0 Å². The zero-order chi connectivity index (χ0) is 11.2. The molecule has 2 aromatic rings. The van der Waals surface area contributed by atoms with Gasteiger partial charge in [-0.1, -0.05) is 0 Å².